The number of pyridine rings is 1. The van der Waals surface area contributed by atoms with Gasteiger partial charge in [0.2, 0.25) is 5.95 Å². The zero-order valence-electron chi connectivity index (χ0n) is 19.2. The van der Waals surface area contributed by atoms with Gasteiger partial charge in [-0.3, -0.25) is 4.90 Å². The summed E-state index contributed by atoms with van der Waals surface area (Å²) in [5.41, 5.74) is 2.25. The quantitative estimate of drug-likeness (QED) is 0.476. The number of piperidine rings is 1. The molecule has 0 unspecified atom stereocenters. The van der Waals surface area contributed by atoms with Gasteiger partial charge in [0.05, 0.1) is 19.3 Å². The van der Waals surface area contributed by atoms with Crippen LogP contribution in [0.4, 0.5) is 29.1 Å². The Morgan fingerprint density at radius 3 is 2.27 bits per heavy atom. The van der Waals surface area contributed by atoms with E-state index in [1.54, 1.807) is 12.3 Å². The third-order valence-electron chi connectivity index (χ3n) is 6.40. The van der Waals surface area contributed by atoms with Crippen molar-refractivity contribution in [2.24, 2.45) is 0 Å². The minimum Gasteiger partial charge on any atom is -0.711 e. The lowest BCUT2D eigenvalue weighted by atomic mass is 10.1. The Morgan fingerprint density at radius 2 is 1.55 bits per heavy atom. The average Bonchev–Trinajstić information content (AvgIpc) is 2.86. The maximum absolute atomic E-state index is 12.2. The molecule has 0 atom stereocenters. The van der Waals surface area contributed by atoms with E-state index in [0.29, 0.717) is 5.82 Å². The molecule has 2 aliphatic rings. The first kappa shape index (κ1) is 21.3. The number of aromatic nitrogens is 3. The van der Waals surface area contributed by atoms with Crippen molar-refractivity contribution >= 4 is 29.1 Å². The van der Waals surface area contributed by atoms with Crippen LogP contribution in [0.15, 0.2) is 54.7 Å². The van der Waals surface area contributed by atoms with Crippen molar-refractivity contribution in [1.82, 2.24) is 9.97 Å². The summed E-state index contributed by atoms with van der Waals surface area (Å²) in [5.74, 6) is 3.24. The van der Waals surface area contributed by atoms with Crippen LogP contribution >= 0.6 is 0 Å². The Kier molecular flexibility index (Phi) is 6.15. The summed E-state index contributed by atoms with van der Waals surface area (Å²) < 4.78 is 0.937. The first-order chi connectivity index (χ1) is 16.2. The summed E-state index contributed by atoms with van der Waals surface area (Å²) in [4.78, 5) is 16.6. The summed E-state index contributed by atoms with van der Waals surface area (Å²) >= 11 is 0. The van der Waals surface area contributed by atoms with Crippen LogP contribution in [-0.2, 0) is 0 Å². The number of benzene rings is 1. The first-order valence-electron chi connectivity index (χ1n) is 11.8. The molecule has 172 valence electrons. The smallest absolute Gasteiger partial charge is 0.279 e. The molecule has 8 nitrogen and oxygen atoms in total. The zero-order valence-corrected chi connectivity index (χ0v) is 19.2. The van der Waals surface area contributed by atoms with Crippen LogP contribution in [0.3, 0.4) is 0 Å². The predicted molar refractivity (Wildman–Crippen MR) is 132 cm³/mol. The molecular formula is C25H31N7O. The molecule has 2 aromatic heterocycles. The number of rotatable bonds is 5. The molecule has 0 spiro atoms. The van der Waals surface area contributed by atoms with E-state index in [9.17, 15) is 5.21 Å². The number of hydrogen-bond acceptors (Lipinski definition) is 7. The van der Waals surface area contributed by atoms with E-state index in [1.165, 1.54) is 24.8 Å². The van der Waals surface area contributed by atoms with E-state index in [2.05, 4.69) is 57.3 Å². The highest BCUT2D eigenvalue weighted by atomic mass is 16.5. The number of anilines is 5. The fourth-order valence-electron chi connectivity index (χ4n) is 4.50. The average molecular weight is 446 g/mol. The fourth-order valence-corrected chi connectivity index (χ4v) is 4.50. The van der Waals surface area contributed by atoms with Crippen LogP contribution in [0.1, 0.15) is 24.8 Å². The van der Waals surface area contributed by atoms with E-state index in [4.69, 9.17) is 9.97 Å². The van der Waals surface area contributed by atoms with Gasteiger partial charge in [-0.15, -0.1) is 0 Å². The molecule has 1 aromatic carbocycles. The Bertz CT molecular complexity index is 1070. The third-order valence-corrected chi connectivity index (χ3v) is 6.40. The minimum absolute atomic E-state index is 0.696. The molecule has 4 heterocycles. The second kappa shape index (κ2) is 9.52. The standard InChI is InChI=1S/C25H31N7O/c1-20-8-10-21(11-9-20)26-22-19-23(29-12-4-2-5-13-29)28-25(27-22)31-17-15-30(16-18-31)24-7-3-6-14-32(24)33/h3,6-11,14,19H,2,4-5,12-13,15-18H2,1H3,(H,26,27,28). The van der Waals surface area contributed by atoms with Gasteiger partial charge in [-0.1, -0.05) is 23.8 Å². The van der Waals surface area contributed by atoms with Crippen LogP contribution in [0.5, 0.6) is 0 Å². The van der Waals surface area contributed by atoms with Crippen LogP contribution in [-0.4, -0.2) is 49.2 Å². The SMILES string of the molecule is Cc1ccc(Nc2cc(N3CCCCC3)nc(N3CCN(c4cccc[n+]4[O-])CC3)n2)cc1. The molecular weight excluding hydrogens is 414 g/mol. The van der Waals surface area contributed by atoms with E-state index < -0.39 is 0 Å². The number of nitrogens with zero attached hydrogens (tertiary/aromatic N) is 6. The number of hydrogen-bond donors (Lipinski definition) is 1. The monoisotopic (exact) mass is 445 g/mol. The molecule has 0 bridgehead atoms. The maximum atomic E-state index is 12.2. The highest BCUT2D eigenvalue weighted by molar-refractivity contribution is 5.62. The lowest BCUT2D eigenvalue weighted by molar-refractivity contribution is -0.592. The molecule has 2 saturated heterocycles. The second-order valence-corrected chi connectivity index (χ2v) is 8.81. The molecule has 2 fully saturated rings. The third kappa shape index (κ3) is 4.94. The highest BCUT2D eigenvalue weighted by Gasteiger charge is 2.26. The van der Waals surface area contributed by atoms with Crippen molar-refractivity contribution in [3.63, 3.8) is 0 Å². The van der Waals surface area contributed by atoms with Crippen molar-refractivity contribution in [3.8, 4) is 0 Å². The van der Waals surface area contributed by atoms with Crippen LogP contribution in [0.2, 0.25) is 0 Å². The largest absolute Gasteiger partial charge is 0.711 e. The van der Waals surface area contributed by atoms with Gasteiger partial charge < -0.3 is 20.3 Å². The van der Waals surface area contributed by atoms with Crippen molar-refractivity contribution in [3.05, 3.63) is 65.5 Å². The maximum Gasteiger partial charge on any atom is 0.279 e. The van der Waals surface area contributed by atoms with Gasteiger partial charge in [0.25, 0.3) is 5.82 Å². The molecule has 8 heteroatoms. The first-order valence-corrected chi connectivity index (χ1v) is 11.8. The minimum atomic E-state index is 0.696. The van der Waals surface area contributed by atoms with Crippen LogP contribution in [0.25, 0.3) is 0 Å². The molecule has 3 aromatic rings. The summed E-state index contributed by atoms with van der Waals surface area (Å²) in [5, 5.41) is 15.6. The van der Waals surface area contributed by atoms with E-state index >= 15 is 0 Å². The molecule has 33 heavy (non-hydrogen) atoms. The van der Waals surface area contributed by atoms with E-state index in [1.807, 2.05) is 12.1 Å². The summed E-state index contributed by atoms with van der Waals surface area (Å²) in [6.45, 7) is 7.20. The number of nitrogens with one attached hydrogen (secondary N) is 1. The molecule has 5 rings (SSSR count). The molecule has 0 radical (unpaired) electrons. The van der Waals surface area contributed by atoms with Gasteiger partial charge in [0.15, 0.2) is 0 Å². The Balaban J connectivity index is 1.37. The number of aryl methyl sites for hydroxylation is 1. The molecule has 0 aliphatic carbocycles. The van der Waals surface area contributed by atoms with Crippen molar-refractivity contribution < 1.29 is 4.73 Å². The summed E-state index contributed by atoms with van der Waals surface area (Å²) in [6, 6.07) is 16.0. The van der Waals surface area contributed by atoms with E-state index in [0.717, 1.165) is 67.3 Å². The lowest BCUT2D eigenvalue weighted by Gasteiger charge is -2.33. The van der Waals surface area contributed by atoms with E-state index in [-0.39, 0.29) is 0 Å². The second-order valence-electron chi connectivity index (χ2n) is 8.81. The van der Waals surface area contributed by atoms with Gasteiger partial charge in [-0.25, -0.2) is 4.73 Å². The van der Waals surface area contributed by atoms with Gasteiger partial charge in [0, 0.05) is 30.9 Å². The van der Waals surface area contributed by atoms with Crippen molar-refractivity contribution in [2.45, 2.75) is 26.2 Å². The topological polar surface area (TPSA) is 74.5 Å². The Hall–Kier alpha value is -3.55. The number of piperazine rings is 1. The van der Waals surface area contributed by atoms with Crippen molar-refractivity contribution in [1.29, 1.82) is 0 Å². The molecule has 0 saturated carbocycles. The fraction of sp³-hybridized carbons (Fsp3) is 0.400. The van der Waals surface area contributed by atoms with Gasteiger partial charge in [0.1, 0.15) is 24.7 Å². The summed E-state index contributed by atoms with van der Waals surface area (Å²) in [6.07, 6.45) is 5.23. The molecule has 2 aliphatic heterocycles. The van der Waals surface area contributed by atoms with Gasteiger partial charge in [-0.2, -0.15) is 9.97 Å². The van der Waals surface area contributed by atoms with Gasteiger partial charge >= 0.3 is 0 Å². The normalized spacial score (nSPS) is 16.7. The van der Waals surface area contributed by atoms with Crippen LogP contribution in [0, 0.1) is 12.1 Å². The van der Waals surface area contributed by atoms with Crippen LogP contribution < -0.4 is 24.7 Å². The highest BCUT2D eigenvalue weighted by Crippen LogP contribution is 2.26. The Morgan fingerprint density at radius 1 is 0.818 bits per heavy atom. The predicted octanol–water partition coefficient (Wildman–Crippen LogP) is 3.48. The van der Waals surface area contributed by atoms with Gasteiger partial charge in [-0.05, 0) is 44.4 Å². The lowest BCUT2D eigenvalue weighted by Crippen LogP contribution is -2.50. The molecule has 0 amide bonds. The zero-order chi connectivity index (χ0) is 22.6. The molecule has 1 N–H and O–H groups in total. The summed E-state index contributed by atoms with van der Waals surface area (Å²) in [7, 11) is 0. The Labute approximate surface area is 195 Å². The van der Waals surface area contributed by atoms with Crippen molar-refractivity contribution in [2.75, 3.05) is 59.3 Å².